The van der Waals surface area contributed by atoms with E-state index >= 15 is 0 Å². The van der Waals surface area contributed by atoms with Gasteiger partial charge in [-0.1, -0.05) is 6.92 Å². The number of hydrogen-bond acceptors (Lipinski definition) is 3. The predicted octanol–water partition coefficient (Wildman–Crippen LogP) is 2.54. The number of carbonyl (C=O) groups excluding carboxylic acids is 1. The van der Waals surface area contributed by atoms with E-state index in [2.05, 4.69) is 19.9 Å². The summed E-state index contributed by atoms with van der Waals surface area (Å²) < 4.78 is 0. The van der Waals surface area contributed by atoms with E-state index < -0.39 is 6.04 Å². The van der Waals surface area contributed by atoms with Crippen LogP contribution in [0.15, 0.2) is 0 Å². The van der Waals surface area contributed by atoms with Crippen LogP contribution in [0.3, 0.4) is 0 Å². The summed E-state index contributed by atoms with van der Waals surface area (Å²) >= 11 is 0. The Morgan fingerprint density at radius 2 is 1.65 bits per heavy atom. The summed E-state index contributed by atoms with van der Waals surface area (Å²) in [6.45, 7) is 4.21. The van der Waals surface area contributed by atoms with Gasteiger partial charge in [0.2, 0.25) is 5.91 Å². The van der Waals surface area contributed by atoms with Crippen molar-refractivity contribution in [1.29, 1.82) is 5.26 Å². The molecule has 126 valence electrons. The maximum atomic E-state index is 13.1. The Balaban J connectivity index is 1.54. The summed E-state index contributed by atoms with van der Waals surface area (Å²) in [5.41, 5.74) is 6.55. The fourth-order valence-electron chi connectivity index (χ4n) is 6.58. The van der Waals surface area contributed by atoms with Gasteiger partial charge in [0, 0.05) is 6.04 Å². The van der Waals surface area contributed by atoms with Crippen molar-refractivity contribution in [3.8, 4) is 6.07 Å². The first-order valence-corrected chi connectivity index (χ1v) is 9.47. The molecule has 3 unspecified atom stereocenters. The predicted molar refractivity (Wildman–Crippen MR) is 88.0 cm³/mol. The minimum absolute atomic E-state index is 0.0471. The molecule has 23 heavy (non-hydrogen) atoms. The molecule has 0 aromatic carbocycles. The van der Waals surface area contributed by atoms with E-state index in [1.807, 2.05) is 4.90 Å². The van der Waals surface area contributed by atoms with Crippen LogP contribution in [0.25, 0.3) is 0 Å². The van der Waals surface area contributed by atoms with Crippen molar-refractivity contribution in [2.75, 3.05) is 0 Å². The van der Waals surface area contributed by atoms with Gasteiger partial charge in [-0.2, -0.15) is 5.26 Å². The van der Waals surface area contributed by atoms with E-state index in [0.29, 0.717) is 23.7 Å². The maximum absolute atomic E-state index is 13.1. The summed E-state index contributed by atoms with van der Waals surface area (Å²) in [6.07, 6.45) is 7.34. The average Bonchev–Trinajstić information content (AvgIpc) is 2.80. The lowest BCUT2D eigenvalue weighted by molar-refractivity contribution is -0.141. The lowest BCUT2D eigenvalue weighted by atomic mass is 9.50. The van der Waals surface area contributed by atoms with Crippen LogP contribution in [0.1, 0.15) is 52.4 Å². The third-order valence-electron chi connectivity index (χ3n) is 7.60. The molecule has 1 aliphatic heterocycles. The van der Waals surface area contributed by atoms with Gasteiger partial charge in [0.25, 0.3) is 0 Å². The molecule has 4 saturated carbocycles. The smallest absolute Gasteiger partial charge is 0.241 e. The summed E-state index contributed by atoms with van der Waals surface area (Å²) in [6, 6.07) is 1.79. The fraction of sp³-hybridized carbons (Fsp3) is 0.895. The van der Waals surface area contributed by atoms with Crippen molar-refractivity contribution in [2.45, 2.75) is 70.5 Å². The van der Waals surface area contributed by atoms with E-state index in [4.69, 9.17) is 5.73 Å². The Morgan fingerprint density at radius 3 is 2.17 bits per heavy atom. The zero-order chi connectivity index (χ0) is 16.3. The Hall–Kier alpha value is -1.08. The molecule has 2 N–H and O–H groups in total. The van der Waals surface area contributed by atoms with Crippen LogP contribution in [0, 0.1) is 46.8 Å². The number of hydrogen-bond donors (Lipinski definition) is 1. The van der Waals surface area contributed by atoms with Crippen molar-refractivity contribution in [3.63, 3.8) is 0 Å². The molecule has 5 aliphatic rings. The number of amides is 1. The van der Waals surface area contributed by atoms with Crippen molar-refractivity contribution >= 4 is 5.91 Å². The first kappa shape index (κ1) is 15.4. The maximum Gasteiger partial charge on any atom is 0.241 e. The van der Waals surface area contributed by atoms with Gasteiger partial charge in [-0.05, 0) is 81.0 Å². The molecule has 0 spiro atoms. The molecule has 1 saturated heterocycles. The first-order chi connectivity index (χ1) is 11.0. The topological polar surface area (TPSA) is 70.1 Å². The third-order valence-corrected chi connectivity index (χ3v) is 7.60. The molecule has 4 bridgehead atoms. The highest BCUT2D eigenvalue weighted by Gasteiger charge is 2.52. The second kappa shape index (κ2) is 5.48. The molecule has 5 rings (SSSR count). The van der Waals surface area contributed by atoms with Crippen LogP contribution in [-0.4, -0.2) is 28.9 Å². The van der Waals surface area contributed by atoms with Crippen LogP contribution in [-0.2, 0) is 4.79 Å². The summed E-state index contributed by atoms with van der Waals surface area (Å²) in [7, 11) is 0. The summed E-state index contributed by atoms with van der Waals surface area (Å²) in [5, 5.41) is 9.43. The number of rotatable bonds is 2. The lowest BCUT2D eigenvalue weighted by Crippen LogP contribution is -2.58. The molecule has 0 aromatic rings. The molecule has 4 aliphatic carbocycles. The molecule has 4 nitrogen and oxygen atoms in total. The van der Waals surface area contributed by atoms with Gasteiger partial charge in [0.1, 0.15) is 6.04 Å². The zero-order valence-electron chi connectivity index (χ0n) is 14.3. The SMILES string of the molecule is CC1[C@@H](C)CC(C#N)N1C(=O)C(N)C1C2CC3CC(C2)CC1C3. The number of likely N-dealkylation sites (tertiary alicyclic amines) is 1. The van der Waals surface area contributed by atoms with Gasteiger partial charge >= 0.3 is 0 Å². The number of nitrogens with two attached hydrogens (primary N) is 1. The normalized spacial score (nSPS) is 49.2. The largest absolute Gasteiger partial charge is 0.322 e. The molecule has 0 radical (unpaired) electrons. The molecular weight excluding hydrogens is 286 g/mol. The molecule has 1 amide bonds. The molecule has 4 atom stereocenters. The Kier molecular flexibility index (Phi) is 3.68. The first-order valence-electron chi connectivity index (χ1n) is 9.47. The number of carbonyl (C=O) groups is 1. The number of nitrogens with zero attached hydrogens (tertiary/aromatic N) is 2. The van der Waals surface area contributed by atoms with E-state index in [9.17, 15) is 10.1 Å². The summed E-state index contributed by atoms with van der Waals surface area (Å²) in [5.74, 6) is 3.89. The minimum Gasteiger partial charge on any atom is -0.322 e. The number of nitriles is 1. The average molecular weight is 315 g/mol. The lowest BCUT2D eigenvalue weighted by Gasteiger charge is -2.56. The highest BCUT2D eigenvalue weighted by Crippen LogP contribution is 2.57. The molecule has 5 fully saturated rings. The van der Waals surface area contributed by atoms with Crippen LogP contribution >= 0.6 is 0 Å². The van der Waals surface area contributed by atoms with E-state index in [-0.39, 0.29) is 18.0 Å². The van der Waals surface area contributed by atoms with E-state index in [1.54, 1.807) is 0 Å². The van der Waals surface area contributed by atoms with Crippen LogP contribution in [0.2, 0.25) is 0 Å². The van der Waals surface area contributed by atoms with Crippen molar-refractivity contribution in [1.82, 2.24) is 4.90 Å². The van der Waals surface area contributed by atoms with Gasteiger partial charge < -0.3 is 10.6 Å². The van der Waals surface area contributed by atoms with E-state index in [0.717, 1.165) is 18.3 Å². The Bertz CT molecular complexity index is 511. The van der Waals surface area contributed by atoms with Crippen LogP contribution in [0.5, 0.6) is 0 Å². The fourth-order valence-corrected chi connectivity index (χ4v) is 6.58. The van der Waals surface area contributed by atoms with Gasteiger partial charge in [0.15, 0.2) is 0 Å². The second-order valence-electron chi connectivity index (χ2n) is 8.88. The van der Waals surface area contributed by atoms with E-state index in [1.165, 1.54) is 32.1 Å². The second-order valence-corrected chi connectivity index (χ2v) is 8.88. The van der Waals surface area contributed by atoms with Crippen molar-refractivity contribution in [3.05, 3.63) is 0 Å². The Labute approximate surface area is 139 Å². The quantitative estimate of drug-likeness (QED) is 0.851. The minimum atomic E-state index is -0.395. The molecular formula is C19H29N3O. The highest BCUT2D eigenvalue weighted by molar-refractivity contribution is 5.83. The zero-order valence-corrected chi connectivity index (χ0v) is 14.3. The van der Waals surface area contributed by atoms with Gasteiger partial charge in [-0.3, -0.25) is 4.79 Å². The summed E-state index contributed by atoms with van der Waals surface area (Å²) in [4.78, 5) is 15.0. The third kappa shape index (κ3) is 2.31. The molecule has 1 heterocycles. The van der Waals surface area contributed by atoms with Crippen LogP contribution in [0.4, 0.5) is 0 Å². The molecule has 0 aromatic heterocycles. The van der Waals surface area contributed by atoms with Crippen molar-refractivity contribution in [2.24, 2.45) is 41.2 Å². The highest BCUT2D eigenvalue weighted by atomic mass is 16.2. The van der Waals surface area contributed by atoms with Gasteiger partial charge in [-0.15, -0.1) is 0 Å². The Morgan fingerprint density at radius 1 is 1.09 bits per heavy atom. The standard InChI is InChI=1S/C19H29N3O/c1-10-3-16(9-20)22(11(10)2)19(23)18(21)17-14-5-12-4-13(7-14)8-15(17)6-12/h10-18H,3-8,21H2,1-2H3/t10-,11?,12?,13?,14?,15?,16?,17?,18?/m0/s1. The van der Waals surface area contributed by atoms with Gasteiger partial charge in [-0.25, -0.2) is 0 Å². The molecule has 4 heteroatoms. The van der Waals surface area contributed by atoms with Gasteiger partial charge in [0.05, 0.1) is 12.1 Å². The van der Waals surface area contributed by atoms with Crippen LogP contribution < -0.4 is 5.73 Å². The monoisotopic (exact) mass is 315 g/mol. The van der Waals surface area contributed by atoms with Crippen molar-refractivity contribution < 1.29 is 4.79 Å².